The van der Waals surface area contributed by atoms with Crippen molar-refractivity contribution >= 4 is 57.2 Å². The van der Waals surface area contributed by atoms with Crippen molar-refractivity contribution in [1.82, 2.24) is 9.97 Å². The monoisotopic (exact) mass is 446 g/mol. The molecule has 0 unspecified atom stereocenters. The minimum atomic E-state index is -0.437. The van der Waals surface area contributed by atoms with Gasteiger partial charge in [0.1, 0.15) is 11.6 Å². The van der Waals surface area contributed by atoms with Gasteiger partial charge in [0.05, 0.1) is 27.0 Å². The van der Waals surface area contributed by atoms with E-state index in [1.165, 1.54) is 11.8 Å². The zero-order chi connectivity index (χ0) is 21.4. The van der Waals surface area contributed by atoms with E-state index in [4.69, 9.17) is 9.97 Å². The Morgan fingerprint density at radius 1 is 1.10 bits per heavy atom. The Morgan fingerprint density at radius 2 is 1.90 bits per heavy atom. The number of nitrogens with zero attached hydrogens (tertiary/aromatic N) is 3. The molecule has 31 heavy (non-hydrogen) atoms. The van der Waals surface area contributed by atoms with Crippen molar-refractivity contribution in [1.29, 1.82) is 0 Å². The number of amides is 2. The van der Waals surface area contributed by atoms with Gasteiger partial charge in [-0.2, -0.15) is 0 Å². The maximum absolute atomic E-state index is 13.3. The van der Waals surface area contributed by atoms with Gasteiger partial charge < -0.3 is 5.32 Å². The smallest absolute Gasteiger partial charge is 0.244 e. The Hall–Kier alpha value is -3.23. The molecule has 0 bridgehead atoms. The van der Waals surface area contributed by atoms with Crippen LogP contribution in [0.4, 0.5) is 11.4 Å². The van der Waals surface area contributed by atoms with E-state index >= 15 is 0 Å². The van der Waals surface area contributed by atoms with E-state index in [1.807, 2.05) is 66.9 Å². The number of thioether (sulfide) groups is 1. The number of nitrogens with one attached hydrogen (secondary N) is 1. The Balaban J connectivity index is 1.49. The standard InChI is InChI=1S/C23H18N4O2S2/c1-14(23(29)27-13-20(28)24-17-9-4-5-10-18(17)27)31-22-15-7-2-3-8-16(15)25-21(26-22)19-11-6-12-30-19/h2-12,14H,13H2,1H3,(H,24,28)/t14-/m0/s1. The number of anilines is 2. The van der Waals surface area contributed by atoms with Crippen LogP contribution in [0.5, 0.6) is 0 Å². The van der Waals surface area contributed by atoms with Crippen molar-refractivity contribution in [2.45, 2.75) is 17.2 Å². The van der Waals surface area contributed by atoms with Gasteiger partial charge in [0.2, 0.25) is 11.8 Å². The topological polar surface area (TPSA) is 75.2 Å². The first-order chi connectivity index (χ1) is 15.1. The van der Waals surface area contributed by atoms with E-state index in [2.05, 4.69) is 5.32 Å². The second kappa shape index (κ2) is 8.13. The number of hydrogen-bond donors (Lipinski definition) is 1. The molecule has 0 fully saturated rings. The van der Waals surface area contributed by atoms with Crippen molar-refractivity contribution in [2.24, 2.45) is 0 Å². The van der Waals surface area contributed by atoms with Gasteiger partial charge in [-0.3, -0.25) is 14.5 Å². The summed E-state index contributed by atoms with van der Waals surface area (Å²) < 4.78 is 0. The normalized spacial score (nSPS) is 14.2. The Kier molecular flexibility index (Phi) is 5.17. The SMILES string of the molecule is C[C@H](Sc1nc(-c2cccs2)nc2ccccc12)C(=O)N1CC(=O)Nc2ccccc21. The molecule has 1 atom stereocenters. The van der Waals surface area contributed by atoms with E-state index in [-0.39, 0.29) is 18.4 Å². The van der Waals surface area contributed by atoms with Crippen LogP contribution in [-0.2, 0) is 9.59 Å². The van der Waals surface area contributed by atoms with E-state index < -0.39 is 5.25 Å². The van der Waals surface area contributed by atoms with Gasteiger partial charge in [0.15, 0.2) is 5.82 Å². The predicted octanol–water partition coefficient (Wildman–Crippen LogP) is 4.82. The maximum atomic E-state index is 13.3. The number of fused-ring (bicyclic) bond motifs is 2. The summed E-state index contributed by atoms with van der Waals surface area (Å²) in [6.45, 7) is 1.86. The first kappa shape index (κ1) is 19.7. The lowest BCUT2D eigenvalue weighted by Gasteiger charge is -2.30. The molecule has 6 nitrogen and oxygen atoms in total. The molecule has 3 heterocycles. The highest BCUT2D eigenvalue weighted by molar-refractivity contribution is 8.00. The molecule has 154 valence electrons. The van der Waals surface area contributed by atoms with Crippen molar-refractivity contribution in [2.75, 3.05) is 16.8 Å². The summed E-state index contributed by atoms with van der Waals surface area (Å²) >= 11 is 2.97. The highest BCUT2D eigenvalue weighted by atomic mass is 32.2. The van der Waals surface area contributed by atoms with Crippen LogP contribution < -0.4 is 10.2 Å². The van der Waals surface area contributed by atoms with Gasteiger partial charge in [-0.1, -0.05) is 48.2 Å². The lowest BCUT2D eigenvalue weighted by atomic mass is 10.2. The highest BCUT2D eigenvalue weighted by Crippen LogP contribution is 2.35. The summed E-state index contributed by atoms with van der Waals surface area (Å²) in [5.41, 5.74) is 2.20. The minimum absolute atomic E-state index is 0.00567. The van der Waals surface area contributed by atoms with Crippen LogP contribution in [0.25, 0.3) is 21.6 Å². The van der Waals surface area contributed by atoms with Gasteiger partial charge in [-0.25, -0.2) is 9.97 Å². The third kappa shape index (κ3) is 3.80. The molecule has 0 aliphatic carbocycles. The first-order valence-corrected chi connectivity index (χ1v) is 11.5. The first-order valence-electron chi connectivity index (χ1n) is 9.78. The molecule has 2 aromatic carbocycles. The molecule has 5 rings (SSSR count). The number of rotatable bonds is 4. The average Bonchev–Trinajstić information content (AvgIpc) is 3.33. The molecule has 2 aromatic heterocycles. The third-order valence-electron chi connectivity index (χ3n) is 4.98. The molecule has 1 N–H and O–H groups in total. The zero-order valence-corrected chi connectivity index (χ0v) is 18.2. The van der Waals surface area contributed by atoms with Crippen LogP contribution in [0.2, 0.25) is 0 Å². The fourth-order valence-corrected chi connectivity index (χ4v) is 5.18. The molecule has 1 aliphatic heterocycles. The highest BCUT2D eigenvalue weighted by Gasteiger charge is 2.30. The van der Waals surface area contributed by atoms with Crippen LogP contribution >= 0.6 is 23.1 Å². The summed E-state index contributed by atoms with van der Waals surface area (Å²) in [5, 5.41) is 6.04. The van der Waals surface area contributed by atoms with Crippen molar-refractivity contribution < 1.29 is 9.59 Å². The van der Waals surface area contributed by atoms with Crippen molar-refractivity contribution in [3.63, 3.8) is 0 Å². The van der Waals surface area contributed by atoms with Crippen LogP contribution in [0, 0.1) is 0 Å². The number of para-hydroxylation sites is 3. The summed E-state index contributed by atoms with van der Waals surface area (Å²) in [5.74, 6) is 0.322. The molecule has 2 amide bonds. The largest absolute Gasteiger partial charge is 0.323 e. The molecular weight excluding hydrogens is 428 g/mol. The molecular formula is C23H18N4O2S2. The lowest BCUT2D eigenvalue weighted by molar-refractivity contribution is -0.121. The minimum Gasteiger partial charge on any atom is -0.323 e. The lowest BCUT2D eigenvalue weighted by Crippen LogP contribution is -2.45. The molecule has 0 saturated heterocycles. The van der Waals surface area contributed by atoms with Gasteiger partial charge in [-0.15, -0.1) is 11.3 Å². The van der Waals surface area contributed by atoms with Gasteiger partial charge in [-0.05, 0) is 36.6 Å². The van der Waals surface area contributed by atoms with Gasteiger partial charge in [0, 0.05) is 5.39 Å². The van der Waals surface area contributed by atoms with E-state index in [9.17, 15) is 9.59 Å². The third-order valence-corrected chi connectivity index (χ3v) is 6.94. The second-order valence-corrected chi connectivity index (χ2v) is 9.37. The number of aromatic nitrogens is 2. The molecule has 0 saturated carbocycles. The molecule has 0 radical (unpaired) electrons. The van der Waals surface area contributed by atoms with Crippen molar-refractivity contribution in [3.8, 4) is 10.7 Å². The summed E-state index contributed by atoms with van der Waals surface area (Å²) in [4.78, 5) is 37.5. The maximum Gasteiger partial charge on any atom is 0.244 e. The Labute approximate surface area is 187 Å². The Bertz CT molecular complexity index is 1290. The summed E-state index contributed by atoms with van der Waals surface area (Å²) in [6.07, 6.45) is 0. The average molecular weight is 447 g/mol. The van der Waals surface area contributed by atoms with Crippen LogP contribution in [0.1, 0.15) is 6.92 Å². The van der Waals surface area contributed by atoms with Gasteiger partial charge in [0.25, 0.3) is 0 Å². The fourth-order valence-electron chi connectivity index (χ4n) is 3.52. The van der Waals surface area contributed by atoms with E-state index in [0.29, 0.717) is 17.2 Å². The van der Waals surface area contributed by atoms with Gasteiger partial charge >= 0.3 is 0 Å². The quantitative estimate of drug-likeness (QED) is 0.359. The number of carbonyl (C=O) groups excluding carboxylic acids is 2. The second-order valence-electron chi connectivity index (χ2n) is 7.10. The Morgan fingerprint density at radius 3 is 2.74 bits per heavy atom. The molecule has 1 aliphatic rings. The number of thiophene rings is 1. The summed E-state index contributed by atoms with van der Waals surface area (Å²) in [6, 6.07) is 19.1. The summed E-state index contributed by atoms with van der Waals surface area (Å²) in [7, 11) is 0. The fraction of sp³-hybridized carbons (Fsp3) is 0.130. The van der Waals surface area contributed by atoms with Crippen LogP contribution in [0.3, 0.4) is 0 Å². The molecule has 4 aromatic rings. The van der Waals surface area contributed by atoms with E-state index in [1.54, 1.807) is 22.3 Å². The van der Waals surface area contributed by atoms with E-state index in [0.717, 1.165) is 20.8 Å². The number of carbonyl (C=O) groups is 2. The predicted molar refractivity (Wildman–Crippen MR) is 126 cm³/mol. The molecule has 8 heteroatoms. The molecule has 0 spiro atoms. The van der Waals surface area contributed by atoms with Crippen LogP contribution in [-0.4, -0.2) is 33.6 Å². The zero-order valence-electron chi connectivity index (χ0n) is 16.6. The van der Waals surface area contributed by atoms with Crippen molar-refractivity contribution in [3.05, 3.63) is 66.0 Å². The number of hydrogen-bond acceptors (Lipinski definition) is 6. The number of benzene rings is 2. The van der Waals surface area contributed by atoms with Crippen LogP contribution in [0.15, 0.2) is 71.1 Å².